The van der Waals surface area contributed by atoms with Gasteiger partial charge in [0, 0.05) is 44.7 Å². The maximum absolute atomic E-state index is 12.7. The highest BCUT2D eigenvalue weighted by Gasteiger charge is 2.39. The van der Waals surface area contributed by atoms with Gasteiger partial charge in [-0.1, -0.05) is 23.4 Å². The molecule has 1 atom stereocenters. The molecule has 2 aromatic rings. The Bertz CT molecular complexity index is 946. The lowest BCUT2D eigenvalue weighted by molar-refractivity contribution is -0.133. The highest BCUT2D eigenvalue weighted by molar-refractivity contribution is 6.21. The molecule has 4 rings (SSSR count). The third kappa shape index (κ3) is 4.46. The summed E-state index contributed by atoms with van der Waals surface area (Å²) in [5, 5.41) is 6.69. The van der Waals surface area contributed by atoms with Crippen LogP contribution in [0.1, 0.15) is 29.9 Å². The van der Waals surface area contributed by atoms with Gasteiger partial charge in [0.25, 0.3) is 5.91 Å². The quantitative estimate of drug-likeness (QED) is 0.709. The van der Waals surface area contributed by atoms with Gasteiger partial charge in [-0.05, 0) is 32.4 Å². The molecule has 0 bridgehead atoms. The Balaban J connectivity index is 1.25. The number of amides is 4. The molecular formula is C22H27N5O4. The van der Waals surface area contributed by atoms with Crippen LogP contribution >= 0.6 is 0 Å². The second-order valence-corrected chi connectivity index (χ2v) is 8.01. The van der Waals surface area contributed by atoms with Crippen LogP contribution in [0.4, 0.5) is 10.5 Å². The number of urea groups is 1. The number of benzene rings is 1. The summed E-state index contributed by atoms with van der Waals surface area (Å²) in [6.07, 6.45) is 0.523. The van der Waals surface area contributed by atoms with Gasteiger partial charge >= 0.3 is 6.03 Å². The summed E-state index contributed by atoms with van der Waals surface area (Å²) in [5.41, 5.74) is 2.55. The second kappa shape index (κ2) is 8.89. The number of piperazine rings is 1. The van der Waals surface area contributed by atoms with Crippen molar-refractivity contribution < 1.29 is 18.9 Å². The van der Waals surface area contributed by atoms with Crippen molar-refractivity contribution in [3.8, 4) is 0 Å². The van der Waals surface area contributed by atoms with Crippen molar-refractivity contribution in [1.29, 1.82) is 0 Å². The van der Waals surface area contributed by atoms with E-state index in [0.29, 0.717) is 25.2 Å². The highest BCUT2D eigenvalue weighted by atomic mass is 16.5. The van der Waals surface area contributed by atoms with E-state index in [2.05, 4.69) is 15.4 Å². The van der Waals surface area contributed by atoms with Gasteiger partial charge in [-0.2, -0.15) is 0 Å². The van der Waals surface area contributed by atoms with Crippen LogP contribution in [-0.4, -0.2) is 65.0 Å². The summed E-state index contributed by atoms with van der Waals surface area (Å²) in [6.45, 7) is 7.45. The van der Waals surface area contributed by atoms with Crippen molar-refractivity contribution >= 4 is 23.5 Å². The predicted molar refractivity (Wildman–Crippen MR) is 113 cm³/mol. The highest BCUT2D eigenvalue weighted by Crippen LogP contribution is 2.21. The van der Waals surface area contributed by atoms with Crippen LogP contribution in [0.3, 0.4) is 0 Å². The summed E-state index contributed by atoms with van der Waals surface area (Å²) >= 11 is 0. The lowest BCUT2D eigenvalue weighted by Crippen LogP contribution is -2.48. The van der Waals surface area contributed by atoms with Gasteiger partial charge in [0.1, 0.15) is 11.8 Å². The third-order valence-corrected chi connectivity index (χ3v) is 5.97. The number of imide groups is 1. The molecule has 0 saturated carbocycles. The predicted octanol–water partition coefficient (Wildman–Crippen LogP) is 1.84. The first-order valence-corrected chi connectivity index (χ1v) is 10.6. The number of para-hydroxylation sites is 1. The molecule has 2 fully saturated rings. The summed E-state index contributed by atoms with van der Waals surface area (Å²) in [4.78, 5) is 42.8. The third-order valence-electron chi connectivity index (χ3n) is 5.97. The molecule has 2 aliphatic rings. The number of nitrogens with one attached hydrogen (secondary N) is 1. The molecule has 2 saturated heterocycles. The number of aromatic nitrogens is 1. The molecule has 9 heteroatoms. The van der Waals surface area contributed by atoms with E-state index in [1.165, 1.54) is 0 Å². The number of aryl methyl sites for hydroxylation is 2. The molecule has 0 aliphatic carbocycles. The lowest BCUT2D eigenvalue weighted by Gasteiger charge is -2.34. The molecule has 2 aliphatic heterocycles. The van der Waals surface area contributed by atoms with Crippen molar-refractivity contribution in [2.75, 3.05) is 31.1 Å². The number of nitrogens with zero attached hydrogens (tertiary/aromatic N) is 4. The van der Waals surface area contributed by atoms with Crippen molar-refractivity contribution in [1.82, 2.24) is 20.3 Å². The minimum atomic E-state index is -0.669. The Labute approximate surface area is 181 Å². The van der Waals surface area contributed by atoms with E-state index in [-0.39, 0.29) is 18.2 Å². The molecule has 164 valence electrons. The van der Waals surface area contributed by atoms with Gasteiger partial charge in [0.15, 0.2) is 0 Å². The Hall–Kier alpha value is -3.20. The fourth-order valence-corrected chi connectivity index (χ4v) is 4.08. The standard InChI is InChI=1S/C22H27N5O4/c1-15-18(16(2)31-24-15)14-25-10-12-26(13-11-25)20(28)9-8-19-21(29)27(22(30)23-19)17-6-4-3-5-7-17/h3-7,19H,8-14H2,1-2H3,(H,23,30)/t19-/m0/s1. The zero-order valence-electron chi connectivity index (χ0n) is 17.8. The number of carbonyl (C=O) groups excluding carboxylic acids is 3. The van der Waals surface area contributed by atoms with Crippen molar-refractivity contribution in [2.24, 2.45) is 0 Å². The van der Waals surface area contributed by atoms with Crippen LogP contribution in [0.25, 0.3) is 0 Å². The molecule has 1 aromatic heterocycles. The number of hydrogen-bond donors (Lipinski definition) is 1. The summed E-state index contributed by atoms with van der Waals surface area (Å²) in [7, 11) is 0. The van der Waals surface area contributed by atoms with Crippen LogP contribution in [0.5, 0.6) is 0 Å². The molecule has 4 amide bonds. The first kappa shape index (κ1) is 21.0. The number of rotatable bonds is 6. The number of hydrogen-bond acceptors (Lipinski definition) is 6. The van der Waals surface area contributed by atoms with Gasteiger partial charge in [-0.15, -0.1) is 0 Å². The molecule has 0 radical (unpaired) electrons. The number of anilines is 1. The van der Waals surface area contributed by atoms with Crippen LogP contribution in [0.15, 0.2) is 34.9 Å². The normalized spacial score (nSPS) is 19.7. The molecule has 31 heavy (non-hydrogen) atoms. The summed E-state index contributed by atoms with van der Waals surface area (Å²) in [6, 6.07) is 7.70. The van der Waals surface area contributed by atoms with Crippen LogP contribution < -0.4 is 10.2 Å². The Morgan fingerprint density at radius 3 is 2.48 bits per heavy atom. The van der Waals surface area contributed by atoms with E-state index < -0.39 is 12.1 Å². The van der Waals surface area contributed by atoms with Gasteiger partial charge in [-0.25, -0.2) is 9.69 Å². The van der Waals surface area contributed by atoms with E-state index in [0.717, 1.165) is 41.6 Å². The minimum absolute atomic E-state index is 0.0113. The molecule has 1 aromatic carbocycles. The zero-order chi connectivity index (χ0) is 22.0. The Morgan fingerprint density at radius 1 is 1.13 bits per heavy atom. The fraction of sp³-hybridized carbons (Fsp3) is 0.455. The van der Waals surface area contributed by atoms with Gasteiger partial charge in [-0.3, -0.25) is 14.5 Å². The SMILES string of the molecule is Cc1noc(C)c1CN1CCN(C(=O)CC[C@@H]2NC(=O)N(c3ccccc3)C2=O)CC1. The maximum Gasteiger partial charge on any atom is 0.329 e. The van der Waals surface area contributed by atoms with E-state index in [4.69, 9.17) is 4.52 Å². The van der Waals surface area contributed by atoms with Crippen LogP contribution in [-0.2, 0) is 16.1 Å². The zero-order valence-corrected chi connectivity index (χ0v) is 17.8. The van der Waals surface area contributed by atoms with E-state index in [1.54, 1.807) is 24.3 Å². The smallest absolute Gasteiger partial charge is 0.329 e. The van der Waals surface area contributed by atoms with E-state index in [1.807, 2.05) is 24.8 Å². The average Bonchev–Trinajstić information content (AvgIpc) is 3.25. The summed E-state index contributed by atoms with van der Waals surface area (Å²) in [5.74, 6) is 0.536. The summed E-state index contributed by atoms with van der Waals surface area (Å²) < 4.78 is 5.23. The molecule has 0 unspecified atom stereocenters. The first-order chi connectivity index (χ1) is 14.9. The van der Waals surface area contributed by atoms with Crippen LogP contribution in [0.2, 0.25) is 0 Å². The van der Waals surface area contributed by atoms with Crippen LogP contribution in [0, 0.1) is 13.8 Å². The monoisotopic (exact) mass is 425 g/mol. The molecule has 0 spiro atoms. The Morgan fingerprint density at radius 2 is 1.84 bits per heavy atom. The topological polar surface area (TPSA) is 99.0 Å². The average molecular weight is 425 g/mol. The van der Waals surface area contributed by atoms with E-state index in [9.17, 15) is 14.4 Å². The molecule has 9 nitrogen and oxygen atoms in total. The second-order valence-electron chi connectivity index (χ2n) is 8.01. The van der Waals surface area contributed by atoms with E-state index >= 15 is 0 Å². The van der Waals surface area contributed by atoms with Crippen molar-refractivity contribution in [3.05, 3.63) is 47.3 Å². The van der Waals surface area contributed by atoms with Gasteiger partial charge in [0.05, 0.1) is 11.4 Å². The molecule has 3 heterocycles. The van der Waals surface area contributed by atoms with Crippen molar-refractivity contribution in [2.45, 2.75) is 39.3 Å². The molecular weight excluding hydrogens is 398 g/mol. The number of carbonyl (C=O) groups is 3. The molecule has 1 N–H and O–H groups in total. The van der Waals surface area contributed by atoms with Crippen molar-refractivity contribution in [3.63, 3.8) is 0 Å². The first-order valence-electron chi connectivity index (χ1n) is 10.6. The maximum atomic E-state index is 12.7. The minimum Gasteiger partial charge on any atom is -0.361 e. The van der Waals surface area contributed by atoms with Gasteiger partial charge in [0.2, 0.25) is 5.91 Å². The fourth-order valence-electron chi connectivity index (χ4n) is 4.08. The lowest BCUT2D eigenvalue weighted by atomic mass is 10.1. The van der Waals surface area contributed by atoms with Gasteiger partial charge < -0.3 is 14.7 Å². The Kier molecular flexibility index (Phi) is 6.03. The largest absolute Gasteiger partial charge is 0.361 e.